The highest BCUT2D eigenvalue weighted by Crippen LogP contribution is 2.31. The van der Waals surface area contributed by atoms with E-state index in [1.165, 1.54) is 37.5 Å². The van der Waals surface area contributed by atoms with E-state index in [4.69, 9.17) is 4.74 Å². The summed E-state index contributed by atoms with van der Waals surface area (Å²) < 4.78 is 4.71. The molecule has 6 nitrogen and oxygen atoms in total. The number of esters is 1. The van der Waals surface area contributed by atoms with E-state index >= 15 is 0 Å². The van der Waals surface area contributed by atoms with Crippen LogP contribution in [0.4, 0.5) is 5.00 Å². The second kappa shape index (κ2) is 6.19. The summed E-state index contributed by atoms with van der Waals surface area (Å²) in [4.78, 5) is 22.5. The Kier molecular flexibility index (Phi) is 4.34. The molecular weight excluding hydrogens is 294 g/mol. The number of rotatable bonds is 4. The van der Waals surface area contributed by atoms with Gasteiger partial charge in [-0.05, 0) is 29.8 Å². The Morgan fingerprint density at radius 3 is 2.71 bits per heavy atom. The first kappa shape index (κ1) is 14.7. The van der Waals surface area contributed by atoms with Crippen LogP contribution in [0.5, 0.6) is 5.75 Å². The smallest absolute Gasteiger partial charge is 0.339 e. The van der Waals surface area contributed by atoms with E-state index in [-0.39, 0.29) is 16.3 Å². The predicted molar refractivity (Wildman–Crippen MR) is 79.0 cm³/mol. The first-order valence-electron chi connectivity index (χ1n) is 5.85. The molecule has 0 fully saturated rings. The average molecular weight is 305 g/mol. The van der Waals surface area contributed by atoms with Crippen molar-refractivity contribution in [2.24, 2.45) is 0 Å². The summed E-state index contributed by atoms with van der Waals surface area (Å²) in [6.45, 7) is 0. The fourth-order valence-electron chi connectivity index (χ4n) is 1.69. The lowest BCUT2D eigenvalue weighted by Gasteiger charge is -2.03. The number of ether oxygens (including phenoxy) is 1. The van der Waals surface area contributed by atoms with Crippen LogP contribution in [0.1, 0.15) is 10.4 Å². The third-order valence-corrected chi connectivity index (χ3v) is 3.69. The van der Waals surface area contributed by atoms with Gasteiger partial charge in [0, 0.05) is 10.9 Å². The van der Waals surface area contributed by atoms with Gasteiger partial charge in [-0.3, -0.25) is 10.1 Å². The maximum absolute atomic E-state index is 11.9. The number of nitro groups is 1. The monoisotopic (exact) mass is 305 g/mol. The van der Waals surface area contributed by atoms with Crippen molar-refractivity contribution in [2.45, 2.75) is 0 Å². The molecule has 7 heteroatoms. The first-order valence-corrected chi connectivity index (χ1v) is 6.66. The summed E-state index contributed by atoms with van der Waals surface area (Å²) >= 11 is 0.886. The van der Waals surface area contributed by atoms with Gasteiger partial charge >= 0.3 is 11.0 Å². The topological polar surface area (TPSA) is 89.7 Å². The van der Waals surface area contributed by atoms with E-state index in [2.05, 4.69) is 0 Å². The minimum absolute atomic E-state index is 0.0595. The minimum Gasteiger partial charge on any atom is -0.508 e. The average Bonchev–Trinajstić information content (AvgIpc) is 2.94. The van der Waals surface area contributed by atoms with Crippen molar-refractivity contribution in [1.29, 1.82) is 0 Å². The summed E-state index contributed by atoms with van der Waals surface area (Å²) in [5.74, 6) is -0.541. The number of aromatic hydroxyl groups is 1. The molecule has 0 amide bonds. The van der Waals surface area contributed by atoms with Crippen molar-refractivity contribution in [1.82, 2.24) is 0 Å². The molecule has 0 saturated heterocycles. The molecule has 0 aliphatic rings. The van der Waals surface area contributed by atoms with Crippen molar-refractivity contribution in [3.63, 3.8) is 0 Å². The number of phenolic OH excluding ortho intramolecular Hbond substituents is 1. The van der Waals surface area contributed by atoms with Crippen molar-refractivity contribution in [3.8, 4) is 5.75 Å². The maximum atomic E-state index is 11.9. The Bertz CT molecular complexity index is 720. The van der Waals surface area contributed by atoms with Crippen LogP contribution >= 0.6 is 11.3 Å². The normalized spacial score (nSPS) is 11.2. The summed E-state index contributed by atoms with van der Waals surface area (Å²) in [6, 6.07) is 9.14. The quantitative estimate of drug-likeness (QED) is 0.406. The second-order valence-electron chi connectivity index (χ2n) is 4.04. The first-order chi connectivity index (χ1) is 10.0. The van der Waals surface area contributed by atoms with Crippen molar-refractivity contribution in [2.75, 3.05) is 7.11 Å². The molecule has 1 heterocycles. The summed E-state index contributed by atoms with van der Waals surface area (Å²) in [5, 5.41) is 20.1. The standard InChI is InChI=1S/C14H11NO5S/c1-20-14(17)11(8-9-3-2-4-10(16)7-9)12-5-6-13(21-12)15(18)19/h2-8,16H,1H3. The van der Waals surface area contributed by atoms with E-state index in [1.54, 1.807) is 12.1 Å². The van der Waals surface area contributed by atoms with Gasteiger partial charge in [-0.1, -0.05) is 23.5 Å². The van der Waals surface area contributed by atoms with Gasteiger partial charge in [0.2, 0.25) is 0 Å². The van der Waals surface area contributed by atoms with Crippen molar-refractivity contribution in [3.05, 3.63) is 57.0 Å². The third kappa shape index (κ3) is 3.46. The molecule has 0 spiro atoms. The molecule has 0 unspecified atom stereocenters. The van der Waals surface area contributed by atoms with Crippen LogP contribution in [-0.4, -0.2) is 23.1 Å². The van der Waals surface area contributed by atoms with Crippen LogP contribution in [-0.2, 0) is 9.53 Å². The van der Waals surface area contributed by atoms with Gasteiger partial charge < -0.3 is 9.84 Å². The zero-order valence-corrected chi connectivity index (χ0v) is 11.8. The molecule has 0 saturated carbocycles. The van der Waals surface area contributed by atoms with Crippen LogP contribution in [0.15, 0.2) is 36.4 Å². The van der Waals surface area contributed by atoms with E-state index in [0.29, 0.717) is 10.4 Å². The summed E-state index contributed by atoms with van der Waals surface area (Å²) in [5.41, 5.74) is 0.785. The van der Waals surface area contributed by atoms with Crippen molar-refractivity contribution >= 4 is 34.0 Å². The molecule has 0 bridgehead atoms. The van der Waals surface area contributed by atoms with Crippen LogP contribution in [0.25, 0.3) is 11.6 Å². The van der Waals surface area contributed by atoms with Gasteiger partial charge in [0.25, 0.3) is 0 Å². The Morgan fingerprint density at radius 1 is 1.38 bits per heavy atom. The molecule has 1 N–H and O–H groups in total. The lowest BCUT2D eigenvalue weighted by atomic mass is 10.1. The lowest BCUT2D eigenvalue weighted by Crippen LogP contribution is -2.02. The molecule has 1 aromatic carbocycles. The predicted octanol–water partition coefficient (Wildman–Crippen LogP) is 3.08. The Morgan fingerprint density at radius 2 is 2.14 bits per heavy atom. The van der Waals surface area contributed by atoms with E-state index < -0.39 is 10.9 Å². The highest BCUT2D eigenvalue weighted by Gasteiger charge is 2.18. The van der Waals surface area contributed by atoms with Gasteiger partial charge in [0.15, 0.2) is 0 Å². The fourth-order valence-corrected chi connectivity index (χ4v) is 2.52. The van der Waals surface area contributed by atoms with Gasteiger partial charge in [0.1, 0.15) is 5.75 Å². The number of hydrogen-bond donors (Lipinski definition) is 1. The van der Waals surface area contributed by atoms with Crippen LogP contribution in [0.3, 0.4) is 0 Å². The number of benzene rings is 1. The summed E-state index contributed by atoms with van der Waals surface area (Å²) in [6.07, 6.45) is 1.51. The van der Waals surface area contributed by atoms with E-state index in [9.17, 15) is 20.0 Å². The molecule has 108 valence electrons. The van der Waals surface area contributed by atoms with E-state index in [1.807, 2.05) is 0 Å². The number of hydrogen-bond acceptors (Lipinski definition) is 6. The lowest BCUT2D eigenvalue weighted by molar-refractivity contribution is -0.380. The number of carbonyl (C=O) groups excluding carboxylic acids is 1. The Labute approximate surface area is 124 Å². The molecule has 0 aliphatic heterocycles. The maximum Gasteiger partial charge on any atom is 0.339 e. The second-order valence-corrected chi connectivity index (χ2v) is 5.10. The largest absolute Gasteiger partial charge is 0.508 e. The van der Waals surface area contributed by atoms with Gasteiger partial charge in [-0.2, -0.15) is 0 Å². The van der Waals surface area contributed by atoms with Crippen LogP contribution < -0.4 is 0 Å². The molecule has 2 aromatic rings. The number of carbonyl (C=O) groups is 1. The van der Waals surface area contributed by atoms with E-state index in [0.717, 1.165) is 11.3 Å². The molecule has 0 aliphatic carbocycles. The zero-order chi connectivity index (χ0) is 15.4. The third-order valence-electron chi connectivity index (χ3n) is 2.62. The van der Waals surface area contributed by atoms with Crippen LogP contribution in [0, 0.1) is 10.1 Å². The highest BCUT2D eigenvalue weighted by atomic mass is 32.1. The van der Waals surface area contributed by atoms with Gasteiger partial charge in [0.05, 0.1) is 17.6 Å². The minimum atomic E-state index is -0.602. The number of thiophene rings is 1. The zero-order valence-electron chi connectivity index (χ0n) is 11.0. The molecule has 1 aromatic heterocycles. The number of methoxy groups -OCH3 is 1. The number of phenols is 1. The molecule has 0 atom stereocenters. The Balaban J connectivity index is 2.47. The molecule has 0 radical (unpaired) electrons. The fraction of sp³-hybridized carbons (Fsp3) is 0.0714. The molecular formula is C14H11NO5S. The van der Waals surface area contributed by atoms with Gasteiger partial charge in [-0.25, -0.2) is 4.79 Å². The van der Waals surface area contributed by atoms with Crippen molar-refractivity contribution < 1.29 is 19.6 Å². The summed E-state index contributed by atoms with van der Waals surface area (Å²) in [7, 11) is 1.24. The van der Waals surface area contributed by atoms with Crippen LogP contribution in [0.2, 0.25) is 0 Å². The Hall–Kier alpha value is -2.67. The highest BCUT2D eigenvalue weighted by molar-refractivity contribution is 7.16. The molecule has 2 rings (SSSR count). The SMILES string of the molecule is COC(=O)C(=Cc1cccc(O)c1)c1ccc([N+](=O)[O-])s1. The molecule has 21 heavy (non-hydrogen) atoms. The number of nitrogens with zero attached hydrogens (tertiary/aromatic N) is 1. The van der Waals surface area contributed by atoms with Gasteiger partial charge in [-0.15, -0.1) is 0 Å².